The minimum Gasteiger partial charge on any atom is -0.494 e. The average Bonchev–Trinajstić information content (AvgIpc) is 3.28. The van der Waals surface area contributed by atoms with E-state index >= 15 is 0 Å². The molecular formula is C21H23FN4O2. The van der Waals surface area contributed by atoms with Crippen LogP contribution in [-0.2, 0) is 0 Å². The van der Waals surface area contributed by atoms with Crippen LogP contribution < -0.4 is 9.64 Å². The van der Waals surface area contributed by atoms with E-state index in [-0.39, 0.29) is 5.82 Å². The van der Waals surface area contributed by atoms with Crippen molar-refractivity contribution < 1.29 is 13.5 Å². The Morgan fingerprint density at radius 1 is 1.04 bits per heavy atom. The molecule has 1 aliphatic rings. The molecule has 1 aromatic heterocycles. The van der Waals surface area contributed by atoms with Gasteiger partial charge >= 0.3 is 0 Å². The van der Waals surface area contributed by atoms with Gasteiger partial charge in [-0.3, -0.25) is 4.90 Å². The lowest BCUT2D eigenvalue weighted by Gasteiger charge is -2.36. The lowest BCUT2D eigenvalue weighted by Crippen LogP contribution is -2.46. The number of halogens is 1. The fraction of sp³-hybridized carbons (Fsp3) is 0.333. The van der Waals surface area contributed by atoms with Gasteiger partial charge in [-0.05, 0) is 48.9 Å². The Labute approximate surface area is 163 Å². The molecule has 0 saturated carbocycles. The third-order valence-corrected chi connectivity index (χ3v) is 4.89. The van der Waals surface area contributed by atoms with E-state index in [2.05, 4.69) is 20.0 Å². The molecule has 146 valence electrons. The summed E-state index contributed by atoms with van der Waals surface area (Å²) < 4.78 is 24.1. The van der Waals surface area contributed by atoms with Gasteiger partial charge in [-0.25, -0.2) is 4.39 Å². The summed E-state index contributed by atoms with van der Waals surface area (Å²) in [5.74, 6) is 1.10. The second-order valence-electron chi connectivity index (χ2n) is 6.78. The third kappa shape index (κ3) is 4.67. The molecule has 6 nitrogen and oxygen atoms in total. The molecule has 0 N–H and O–H groups in total. The minimum atomic E-state index is -0.190. The van der Waals surface area contributed by atoms with E-state index in [9.17, 15) is 4.39 Å². The summed E-state index contributed by atoms with van der Waals surface area (Å²) in [5.41, 5.74) is 1.94. The molecule has 4 rings (SSSR count). The van der Waals surface area contributed by atoms with Crippen molar-refractivity contribution in [3.63, 3.8) is 0 Å². The van der Waals surface area contributed by atoms with Crippen LogP contribution in [0, 0.1) is 5.82 Å². The maximum Gasteiger partial charge on any atom is 0.247 e. The predicted molar refractivity (Wildman–Crippen MR) is 105 cm³/mol. The van der Waals surface area contributed by atoms with Crippen molar-refractivity contribution in [1.29, 1.82) is 0 Å². The molecule has 1 saturated heterocycles. The first kappa shape index (κ1) is 18.4. The Bertz CT molecular complexity index is 862. The van der Waals surface area contributed by atoms with Crippen molar-refractivity contribution in [2.45, 2.75) is 6.42 Å². The Hall–Kier alpha value is -2.93. The molecule has 1 aliphatic heterocycles. The Kier molecular flexibility index (Phi) is 5.82. The number of piperazine rings is 1. The minimum absolute atomic E-state index is 0.190. The highest BCUT2D eigenvalue weighted by Crippen LogP contribution is 2.22. The average molecular weight is 382 g/mol. The molecule has 7 heteroatoms. The maximum absolute atomic E-state index is 13.1. The van der Waals surface area contributed by atoms with Gasteiger partial charge in [0.25, 0.3) is 0 Å². The van der Waals surface area contributed by atoms with Gasteiger partial charge in [-0.2, -0.15) is 0 Å². The zero-order valence-corrected chi connectivity index (χ0v) is 15.6. The smallest absolute Gasteiger partial charge is 0.247 e. The first-order valence-electron chi connectivity index (χ1n) is 9.50. The van der Waals surface area contributed by atoms with Crippen LogP contribution in [-0.4, -0.2) is 54.4 Å². The topological polar surface area (TPSA) is 54.6 Å². The second-order valence-corrected chi connectivity index (χ2v) is 6.78. The summed E-state index contributed by atoms with van der Waals surface area (Å²) in [6, 6.07) is 14.4. The van der Waals surface area contributed by atoms with Gasteiger partial charge in [-0.15, -0.1) is 10.2 Å². The van der Waals surface area contributed by atoms with Gasteiger partial charge in [0, 0.05) is 44.0 Å². The number of hydrogen-bond donors (Lipinski definition) is 0. The third-order valence-electron chi connectivity index (χ3n) is 4.89. The molecule has 0 unspecified atom stereocenters. The van der Waals surface area contributed by atoms with Crippen LogP contribution in [0.5, 0.6) is 5.75 Å². The quantitative estimate of drug-likeness (QED) is 0.583. The summed E-state index contributed by atoms with van der Waals surface area (Å²) in [7, 11) is 0. The number of benzene rings is 2. The summed E-state index contributed by atoms with van der Waals surface area (Å²) in [6.07, 6.45) is 2.28. The SMILES string of the molecule is Fc1ccc(N2CCN(CCCOc3cccc(-c4nnco4)c3)CC2)cc1. The van der Waals surface area contributed by atoms with Crippen LogP contribution in [0.15, 0.2) is 59.3 Å². The van der Waals surface area contributed by atoms with Gasteiger partial charge in [0.1, 0.15) is 11.6 Å². The highest BCUT2D eigenvalue weighted by atomic mass is 19.1. The molecule has 0 aliphatic carbocycles. The van der Waals surface area contributed by atoms with E-state index in [1.807, 2.05) is 36.4 Å². The maximum atomic E-state index is 13.1. The van der Waals surface area contributed by atoms with Crippen molar-refractivity contribution in [3.05, 3.63) is 60.7 Å². The molecule has 0 radical (unpaired) electrons. The van der Waals surface area contributed by atoms with Crippen LogP contribution in [0.25, 0.3) is 11.5 Å². The lowest BCUT2D eigenvalue weighted by molar-refractivity contribution is 0.225. The molecule has 0 amide bonds. The van der Waals surface area contributed by atoms with Crippen molar-refractivity contribution in [3.8, 4) is 17.2 Å². The first-order chi connectivity index (χ1) is 13.8. The molecule has 3 aromatic rings. The Balaban J connectivity index is 1.18. The summed E-state index contributed by atoms with van der Waals surface area (Å²) in [6.45, 7) is 5.58. The first-order valence-corrected chi connectivity index (χ1v) is 9.50. The molecule has 1 fully saturated rings. The standard InChI is InChI=1S/C21H23FN4O2/c22-18-5-7-19(8-6-18)26-12-10-25(11-13-26)9-2-14-27-20-4-1-3-17(15-20)21-24-23-16-28-21/h1,3-8,15-16H,2,9-14H2. The predicted octanol–water partition coefficient (Wildman–Crippen LogP) is 3.47. The van der Waals surface area contributed by atoms with Gasteiger partial charge in [0.15, 0.2) is 0 Å². The van der Waals surface area contributed by atoms with E-state index < -0.39 is 0 Å². The fourth-order valence-electron chi connectivity index (χ4n) is 3.38. The van der Waals surface area contributed by atoms with Crippen LogP contribution in [0.1, 0.15) is 6.42 Å². The highest BCUT2D eigenvalue weighted by molar-refractivity contribution is 5.55. The molecule has 0 bridgehead atoms. The van der Waals surface area contributed by atoms with Crippen LogP contribution in [0.2, 0.25) is 0 Å². The Morgan fingerprint density at radius 2 is 1.86 bits per heavy atom. The monoisotopic (exact) mass is 382 g/mol. The zero-order valence-electron chi connectivity index (χ0n) is 15.6. The molecule has 2 aromatic carbocycles. The van der Waals surface area contributed by atoms with Crippen LogP contribution in [0.4, 0.5) is 10.1 Å². The van der Waals surface area contributed by atoms with Gasteiger partial charge in [-0.1, -0.05) is 6.07 Å². The lowest BCUT2D eigenvalue weighted by atomic mass is 10.2. The van der Waals surface area contributed by atoms with E-state index in [0.29, 0.717) is 12.5 Å². The van der Waals surface area contributed by atoms with Crippen LogP contribution in [0.3, 0.4) is 0 Å². The number of nitrogens with zero attached hydrogens (tertiary/aromatic N) is 4. The van der Waals surface area contributed by atoms with E-state index in [0.717, 1.165) is 56.1 Å². The number of ether oxygens (including phenoxy) is 1. The summed E-state index contributed by atoms with van der Waals surface area (Å²) in [4.78, 5) is 4.74. The van der Waals surface area contributed by atoms with Crippen molar-refractivity contribution in [2.75, 3.05) is 44.2 Å². The number of rotatable bonds is 7. The van der Waals surface area contributed by atoms with Gasteiger partial charge in [0.05, 0.1) is 6.61 Å². The van der Waals surface area contributed by atoms with Gasteiger partial charge in [0.2, 0.25) is 12.3 Å². The molecule has 28 heavy (non-hydrogen) atoms. The number of hydrogen-bond acceptors (Lipinski definition) is 6. The molecular weight excluding hydrogens is 359 g/mol. The normalized spacial score (nSPS) is 15.0. The Morgan fingerprint density at radius 3 is 2.61 bits per heavy atom. The fourth-order valence-corrected chi connectivity index (χ4v) is 3.38. The van der Waals surface area contributed by atoms with E-state index in [1.165, 1.54) is 18.5 Å². The van der Waals surface area contributed by atoms with Crippen molar-refractivity contribution >= 4 is 5.69 Å². The van der Waals surface area contributed by atoms with E-state index in [1.54, 1.807) is 0 Å². The summed E-state index contributed by atoms with van der Waals surface area (Å²) in [5, 5.41) is 7.62. The van der Waals surface area contributed by atoms with Crippen molar-refractivity contribution in [1.82, 2.24) is 15.1 Å². The summed E-state index contributed by atoms with van der Waals surface area (Å²) >= 11 is 0. The molecule has 0 spiro atoms. The van der Waals surface area contributed by atoms with Gasteiger partial charge < -0.3 is 14.1 Å². The van der Waals surface area contributed by atoms with Crippen LogP contribution >= 0.6 is 0 Å². The van der Waals surface area contributed by atoms with E-state index in [4.69, 9.17) is 9.15 Å². The number of aromatic nitrogens is 2. The zero-order chi connectivity index (χ0) is 19.2. The molecule has 0 atom stereocenters. The molecule has 2 heterocycles. The highest BCUT2D eigenvalue weighted by Gasteiger charge is 2.16. The van der Waals surface area contributed by atoms with Crippen molar-refractivity contribution in [2.24, 2.45) is 0 Å². The largest absolute Gasteiger partial charge is 0.494 e. The second kappa shape index (κ2) is 8.84. The number of anilines is 1.